The lowest BCUT2D eigenvalue weighted by Gasteiger charge is -2.29. The van der Waals surface area contributed by atoms with Crippen molar-refractivity contribution in [3.05, 3.63) is 77.0 Å². The van der Waals surface area contributed by atoms with Gasteiger partial charge < -0.3 is 25.4 Å². The number of benzene rings is 2. The van der Waals surface area contributed by atoms with Crippen molar-refractivity contribution in [3.8, 4) is 0 Å². The Bertz CT molecular complexity index is 1120. The molecule has 9 nitrogen and oxygen atoms in total. The first-order valence-corrected chi connectivity index (χ1v) is 11.1. The number of hydrogen-bond donors (Lipinski definition) is 3. The number of amides is 3. The van der Waals surface area contributed by atoms with Crippen LogP contribution in [0.15, 0.2) is 65.9 Å². The third-order valence-corrected chi connectivity index (χ3v) is 5.47. The van der Waals surface area contributed by atoms with Crippen LogP contribution in [0, 0.1) is 5.92 Å². The van der Waals surface area contributed by atoms with Crippen LogP contribution in [0.1, 0.15) is 41.7 Å². The summed E-state index contributed by atoms with van der Waals surface area (Å²) in [6.45, 7) is 1.50. The zero-order chi connectivity index (χ0) is 24.1. The molecular weight excluding hydrogens is 438 g/mol. The fourth-order valence-corrected chi connectivity index (χ4v) is 3.58. The SMILES string of the molecule is CCOC(=O)C1=C(COC(=O)c2ccc(NC(=O)C3CC3)cc2)NC(=O)N[C@@H]1c1ccccc1. The lowest BCUT2D eigenvalue weighted by Crippen LogP contribution is -2.47. The van der Waals surface area contributed by atoms with Gasteiger partial charge in [0.1, 0.15) is 6.61 Å². The zero-order valence-corrected chi connectivity index (χ0v) is 18.6. The molecule has 1 aliphatic heterocycles. The topological polar surface area (TPSA) is 123 Å². The molecule has 1 heterocycles. The van der Waals surface area contributed by atoms with Crippen LogP contribution in [0.2, 0.25) is 0 Å². The molecule has 1 saturated carbocycles. The lowest BCUT2D eigenvalue weighted by molar-refractivity contribution is -0.139. The van der Waals surface area contributed by atoms with E-state index >= 15 is 0 Å². The van der Waals surface area contributed by atoms with Crippen molar-refractivity contribution in [2.45, 2.75) is 25.8 Å². The maximum atomic E-state index is 12.7. The Morgan fingerprint density at radius 2 is 1.68 bits per heavy atom. The second kappa shape index (κ2) is 10.2. The van der Waals surface area contributed by atoms with Crippen molar-refractivity contribution >= 4 is 29.6 Å². The van der Waals surface area contributed by atoms with Gasteiger partial charge in [-0.2, -0.15) is 0 Å². The Balaban J connectivity index is 1.50. The molecule has 1 aliphatic carbocycles. The first-order valence-electron chi connectivity index (χ1n) is 11.1. The average molecular weight is 463 g/mol. The zero-order valence-electron chi connectivity index (χ0n) is 18.6. The second-order valence-corrected chi connectivity index (χ2v) is 7.97. The summed E-state index contributed by atoms with van der Waals surface area (Å²) in [6.07, 6.45) is 1.80. The van der Waals surface area contributed by atoms with E-state index in [4.69, 9.17) is 9.47 Å². The smallest absolute Gasteiger partial charge is 0.338 e. The summed E-state index contributed by atoms with van der Waals surface area (Å²) in [7, 11) is 0. The number of anilines is 1. The molecule has 1 atom stereocenters. The normalized spacial score (nSPS) is 17.3. The molecule has 4 rings (SSSR count). The van der Waals surface area contributed by atoms with E-state index < -0.39 is 24.0 Å². The number of hydrogen-bond acceptors (Lipinski definition) is 6. The number of ether oxygens (including phenoxy) is 2. The molecule has 34 heavy (non-hydrogen) atoms. The molecule has 0 spiro atoms. The standard InChI is InChI=1S/C25H25N3O6/c1-2-33-24(31)20-19(27-25(32)28-21(20)15-6-4-3-5-7-15)14-34-23(30)17-10-12-18(13-11-17)26-22(29)16-8-9-16/h3-7,10-13,16,21H,2,8-9,14H2,1H3,(H,26,29)(H2,27,28,32)/t21-/m1/s1. The van der Waals surface area contributed by atoms with Crippen LogP contribution in [0.5, 0.6) is 0 Å². The summed E-state index contributed by atoms with van der Waals surface area (Å²) >= 11 is 0. The van der Waals surface area contributed by atoms with Crippen molar-refractivity contribution in [2.24, 2.45) is 5.92 Å². The van der Waals surface area contributed by atoms with Crippen LogP contribution in [0.3, 0.4) is 0 Å². The number of urea groups is 1. The van der Waals surface area contributed by atoms with Crippen LogP contribution >= 0.6 is 0 Å². The highest BCUT2D eigenvalue weighted by Crippen LogP contribution is 2.30. The first kappa shape index (κ1) is 23.0. The van der Waals surface area contributed by atoms with E-state index in [1.54, 1.807) is 55.5 Å². The van der Waals surface area contributed by atoms with Gasteiger partial charge in [0, 0.05) is 11.6 Å². The summed E-state index contributed by atoms with van der Waals surface area (Å²) in [5, 5.41) is 8.09. The molecule has 2 aromatic rings. The van der Waals surface area contributed by atoms with E-state index in [-0.39, 0.29) is 41.9 Å². The van der Waals surface area contributed by atoms with Crippen molar-refractivity contribution < 1.29 is 28.7 Å². The number of nitrogens with one attached hydrogen (secondary N) is 3. The molecule has 0 unspecified atom stereocenters. The number of carbonyl (C=O) groups is 4. The maximum absolute atomic E-state index is 12.7. The highest BCUT2D eigenvalue weighted by Gasteiger charge is 2.34. The quantitative estimate of drug-likeness (QED) is 0.517. The predicted molar refractivity (Wildman–Crippen MR) is 123 cm³/mol. The molecule has 0 saturated heterocycles. The molecule has 3 amide bonds. The molecule has 0 bridgehead atoms. The minimum Gasteiger partial charge on any atom is -0.463 e. The average Bonchev–Trinajstić information content (AvgIpc) is 3.69. The lowest BCUT2D eigenvalue weighted by atomic mass is 9.95. The number of rotatable bonds is 8. The molecule has 176 valence electrons. The van der Waals surface area contributed by atoms with E-state index in [0.29, 0.717) is 11.3 Å². The molecule has 2 aliphatic rings. The summed E-state index contributed by atoms with van der Waals surface area (Å²) in [5.74, 6) is -1.21. The monoisotopic (exact) mass is 463 g/mol. The summed E-state index contributed by atoms with van der Waals surface area (Å²) in [4.78, 5) is 49.5. The van der Waals surface area contributed by atoms with Gasteiger partial charge in [0.25, 0.3) is 0 Å². The van der Waals surface area contributed by atoms with E-state index in [1.807, 2.05) is 6.07 Å². The van der Waals surface area contributed by atoms with Gasteiger partial charge in [-0.3, -0.25) is 4.79 Å². The largest absolute Gasteiger partial charge is 0.463 e. The van der Waals surface area contributed by atoms with E-state index in [1.165, 1.54) is 0 Å². The number of esters is 2. The van der Waals surface area contributed by atoms with Crippen LogP contribution < -0.4 is 16.0 Å². The molecule has 0 aromatic heterocycles. The van der Waals surface area contributed by atoms with Gasteiger partial charge in [0.05, 0.1) is 29.5 Å². The highest BCUT2D eigenvalue weighted by molar-refractivity contribution is 5.96. The second-order valence-electron chi connectivity index (χ2n) is 7.97. The van der Waals surface area contributed by atoms with Gasteiger partial charge in [-0.1, -0.05) is 30.3 Å². The summed E-state index contributed by atoms with van der Waals surface area (Å²) < 4.78 is 10.6. The van der Waals surface area contributed by atoms with Gasteiger partial charge >= 0.3 is 18.0 Å². The molecular formula is C25H25N3O6. The van der Waals surface area contributed by atoms with Gasteiger partial charge in [0.2, 0.25) is 5.91 Å². The molecule has 3 N–H and O–H groups in total. The van der Waals surface area contributed by atoms with Crippen molar-refractivity contribution in [1.29, 1.82) is 0 Å². The van der Waals surface area contributed by atoms with Crippen LogP contribution in [-0.4, -0.2) is 37.1 Å². The third-order valence-electron chi connectivity index (χ3n) is 5.47. The maximum Gasteiger partial charge on any atom is 0.338 e. The van der Waals surface area contributed by atoms with Gasteiger partial charge in [-0.25, -0.2) is 14.4 Å². The molecule has 9 heteroatoms. The minimum atomic E-state index is -0.753. The minimum absolute atomic E-state index is 0.0246. The number of carbonyl (C=O) groups excluding carboxylic acids is 4. The van der Waals surface area contributed by atoms with Crippen molar-refractivity contribution in [3.63, 3.8) is 0 Å². The fraction of sp³-hybridized carbons (Fsp3) is 0.280. The predicted octanol–water partition coefficient (Wildman–Crippen LogP) is 3.06. The van der Waals surface area contributed by atoms with E-state index in [2.05, 4.69) is 16.0 Å². The Morgan fingerprint density at radius 1 is 0.971 bits per heavy atom. The Kier molecular flexibility index (Phi) is 6.91. The van der Waals surface area contributed by atoms with Gasteiger partial charge in [-0.15, -0.1) is 0 Å². The summed E-state index contributed by atoms with van der Waals surface area (Å²) in [6, 6.07) is 14.0. The van der Waals surface area contributed by atoms with E-state index in [0.717, 1.165) is 12.8 Å². The highest BCUT2D eigenvalue weighted by atomic mass is 16.5. The van der Waals surface area contributed by atoms with Crippen molar-refractivity contribution in [2.75, 3.05) is 18.5 Å². The molecule has 0 radical (unpaired) electrons. The summed E-state index contributed by atoms with van der Waals surface area (Å²) in [5.41, 5.74) is 1.86. The van der Waals surface area contributed by atoms with Crippen LogP contribution in [0.4, 0.5) is 10.5 Å². The molecule has 1 fully saturated rings. The van der Waals surface area contributed by atoms with Crippen LogP contribution in [0.25, 0.3) is 0 Å². The Hall–Kier alpha value is -4.14. The molecule has 2 aromatic carbocycles. The van der Waals surface area contributed by atoms with E-state index in [9.17, 15) is 19.2 Å². The first-order chi connectivity index (χ1) is 16.5. The Labute approximate surface area is 196 Å². The van der Waals surface area contributed by atoms with Crippen LogP contribution in [-0.2, 0) is 19.1 Å². The van der Waals surface area contributed by atoms with Gasteiger partial charge in [-0.05, 0) is 49.6 Å². The van der Waals surface area contributed by atoms with Crippen molar-refractivity contribution in [1.82, 2.24) is 10.6 Å². The Morgan fingerprint density at radius 3 is 2.32 bits per heavy atom. The van der Waals surface area contributed by atoms with Gasteiger partial charge in [0.15, 0.2) is 0 Å². The fourth-order valence-electron chi connectivity index (χ4n) is 3.58. The third kappa shape index (κ3) is 5.43.